The van der Waals surface area contributed by atoms with Gasteiger partial charge in [0.15, 0.2) is 0 Å². The Morgan fingerprint density at radius 2 is 1.83 bits per heavy atom. The summed E-state index contributed by atoms with van der Waals surface area (Å²) in [7, 11) is 3.32. The fourth-order valence-corrected chi connectivity index (χ4v) is 1.20. The lowest BCUT2D eigenvalue weighted by Gasteiger charge is -2.12. The monoisotopic (exact) mass is 250 g/mol. The van der Waals surface area contributed by atoms with Gasteiger partial charge in [0.05, 0.1) is 12.2 Å². The lowest BCUT2D eigenvalue weighted by atomic mass is 10.2. The van der Waals surface area contributed by atoms with Gasteiger partial charge in [0.1, 0.15) is 0 Å². The van der Waals surface area contributed by atoms with E-state index in [4.69, 9.17) is 4.74 Å². The molecule has 0 aliphatic carbocycles. The Balaban J connectivity index is 2.62. The van der Waals surface area contributed by atoms with Crippen LogP contribution in [0.4, 0.5) is 10.5 Å². The summed E-state index contributed by atoms with van der Waals surface area (Å²) in [6.45, 7) is 2.35. The highest BCUT2D eigenvalue weighted by molar-refractivity contribution is 5.92. The van der Waals surface area contributed by atoms with Gasteiger partial charge in [-0.05, 0) is 30.7 Å². The van der Waals surface area contributed by atoms with Crippen LogP contribution in [0.25, 0.3) is 0 Å². The number of rotatable bonds is 4. The number of nitrogens with one attached hydrogen (secondary N) is 1. The predicted octanol–water partition coefficient (Wildman–Crippen LogP) is 2.35. The minimum absolute atomic E-state index is 0.212. The Morgan fingerprint density at radius 1 is 1.22 bits per heavy atom. The van der Waals surface area contributed by atoms with Gasteiger partial charge < -0.3 is 15.0 Å². The van der Waals surface area contributed by atoms with Crippen LogP contribution in [0, 0.1) is 0 Å². The summed E-state index contributed by atoms with van der Waals surface area (Å²) in [4.78, 5) is 24.4. The van der Waals surface area contributed by atoms with Crippen molar-refractivity contribution in [3.05, 3.63) is 29.8 Å². The van der Waals surface area contributed by atoms with Crippen molar-refractivity contribution < 1.29 is 14.3 Å². The van der Waals surface area contributed by atoms with Gasteiger partial charge >= 0.3 is 12.0 Å². The van der Waals surface area contributed by atoms with E-state index in [1.165, 1.54) is 4.90 Å². The van der Waals surface area contributed by atoms with Crippen LogP contribution in [0.15, 0.2) is 24.3 Å². The van der Waals surface area contributed by atoms with E-state index in [0.717, 1.165) is 6.42 Å². The number of nitrogens with zero attached hydrogens (tertiary/aromatic N) is 1. The van der Waals surface area contributed by atoms with E-state index >= 15 is 0 Å². The summed E-state index contributed by atoms with van der Waals surface area (Å²) in [5.41, 5.74) is 1.12. The maximum atomic E-state index is 11.5. The summed E-state index contributed by atoms with van der Waals surface area (Å²) in [6.07, 6.45) is 0.794. The average Bonchev–Trinajstić information content (AvgIpc) is 2.36. The van der Waals surface area contributed by atoms with Crippen molar-refractivity contribution >= 4 is 17.7 Å². The molecular formula is C13H18N2O3. The highest BCUT2D eigenvalue weighted by Gasteiger charge is 2.07. The van der Waals surface area contributed by atoms with E-state index < -0.39 is 0 Å². The van der Waals surface area contributed by atoms with Gasteiger partial charge in [-0.3, -0.25) is 0 Å². The number of hydrogen-bond acceptors (Lipinski definition) is 3. The molecule has 0 heterocycles. The minimum atomic E-state index is -0.345. The number of benzene rings is 1. The number of urea groups is 1. The quantitative estimate of drug-likeness (QED) is 0.834. The SMILES string of the molecule is CCCOC(=O)c1ccc(NC(=O)N(C)C)cc1. The third-order valence-electron chi connectivity index (χ3n) is 2.22. The highest BCUT2D eigenvalue weighted by atomic mass is 16.5. The first-order valence-corrected chi connectivity index (χ1v) is 5.80. The lowest BCUT2D eigenvalue weighted by Crippen LogP contribution is -2.27. The molecule has 0 spiro atoms. The molecule has 1 N–H and O–H groups in total. The van der Waals surface area contributed by atoms with E-state index in [9.17, 15) is 9.59 Å². The van der Waals surface area contributed by atoms with E-state index in [1.807, 2.05) is 6.92 Å². The molecule has 0 fully saturated rings. The van der Waals surface area contributed by atoms with Crippen LogP contribution in [-0.4, -0.2) is 37.6 Å². The number of ether oxygens (including phenoxy) is 1. The zero-order chi connectivity index (χ0) is 13.5. The smallest absolute Gasteiger partial charge is 0.338 e. The Hall–Kier alpha value is -2.04. The zero-order valence-electron chi connectivity index (χ0n) is 10.9. The fourth-order valence-electron chi connectivity index (χ4n) is 1.20. The van der Waals surface area contributed by atoms with Crippen molar-refractivity contribution in [1.82, 2.24) is 4.90 Å². The molecule has 5 heteroatoms. The Bertz CT molecular complexity index is 413. The van der Waals surface area contributed by atoms with Crippen molar-refractivity contribution in [2.75, 3.05) is 26.0 Å². The molecule has 1 aromatic rings. The molecule has 0 unspecified atom stereocenters. The first kappa shape index (κ1) is 14.0. The average molecular weight is 250 g/mol. The fraction of sp³-hybridized carbons (Fsp3) is 0.385. The first-order chi connectivity index (χ1) is 8.54. The van der Waals surface area contributed by atoms with Crippen LogP contribution >= 0.6 is 0 Å². The molecular weight excluding hydrogens is 232 g/mol. The second-order valence-corrected chi connectivity index (χ2v) is 4.04. The number of hydrogen-bond donors (Lipinski definition) is 1. The zero-order valence-corrected chi connectivity index (χ0v) is 10.9. The van der Waals surface area contributed by atoms with E-state index in [2.05, 4.69) is 5.32 Å². The van der Waals surface area contributed by atoms with Gasteiger partial charge in [-0.15, -0.1) is 0 Å². The minimum Gasteiger partial charge on any atom is -0.462 e. The topological polar surface area (TPSA) is 58.6 Å². The molecule has 2 amide bonds. The molecule has 18 heavy (non-hydrogen) atoms. The second-order valence-electron chi connectivity index (χ2n) is 4.04. The molecule has 1 aromatic carbocycles. The third kappa shape index (κ3) is 4.08. The number of amides is 2. The third-order valence-corrected chi connectivity index (χ3v) is 2.22. The van der Waals surface area contributed by atoms with Gasteiger partial charge in [-0.1, -0.05) is 6.92 Å². The molecule has 0 aromatic heterocycles. The molecule has 0 atom stereocenters. The Morgan fingerprint density at radius 3 is 2.33 bits per heavy atom. The molecule has 0 saturated carbocycles. The van der Waals surface area contributed by atoms with Gasteiger partial charge in [0, 0.05) is 19.8 Å². The van der Waals surface area contributed by atoms with Crippen LogP contribution in [0.3, 0.4) is 0 Å². The summed E-state index contributed by atoms with van der Waals surface area (Å²) in [5, 5.41) is 2.69. The maximum Gasteiger partial charge on any atom is 0.338 e. The number of carbonyl (C=O) groups excluding carboxylic acids is 2. The largest absolute Gasteiger partial charge is 0.462 e. The summed E-state index contributed by atoms with van der Waals surface area (Å²) >= 11 is 0. The molecule has 0 saturated heterocycles. The van der Waals surface area contributed by atoms with E-state index in [0.29, 0.717) is 17.9 Å². The predicted molar refractivity (Wildman–Crippen MR) is 69.7 cm³/mol. The Labute approximate surface area is 107 Å². The van der Waals surface area contributed by atoms with Crippen molar-refractivity contribution in [1.29, 1.82) is 0 Å². The molecule has 98 valence electrons. The van der Waals surface area contributed by atoms with Gasteiger partial charge in [0.2, 0.25) is 0 Å². The molecule has 0 radical (unpaired) electrons. The molecule has 0 aliphatic heterocycles. The first-order valence-electron chi connectivity index (χ1n) is 5.80. The molecule has 0 aliphatic rings. The lowest BCUT2D eigenvalue weighted by molar-refractivity contribution is 0.0505. The highest BCUT2D eigenvalue weighted by Crippen LogP contribution is 2.11. The molecule has 1 rings (SSSR count). The Kier molecular flexibility index (Phi) is 5.17. The standard InChI is InChI=1S/C13H18N2O3/c1-4-9-18-12(16)10-5-7-11(8-6-10)14-13(17)15(2)3/h5-8H,4,9H2,1-3H3,(H,14,17). The van der Waals surface area contributed by atoms with Crippen LogP contribution in [0.5, 0.6) is 0 Å². The summed E-state index contributed by atoms with van der Waals surface area (Å²) in [6, 6.07) is 6.39. The van der Waals surface area contributed by atoms with Gasteiger partial charge in [-0.2, -0.15) is 0 Å². The van der Waals surface area contributed by atoms with Crippen LogP contribution in [-0.2, 0) is 4.74 Å². The number of carbonyl (C=O) groups is 2. The second kappa shape index (κ2) is 6.64. The summed E-state index contributed by atoms with van der Waals surface area (Å²) < 4.78 is 5.00. The van der Waals surface area contributed by atoms with E-state index in [1.54, 1.807) is 38.4 Å². The van der Waals surface area contributed by atoms with Crippen molar-refractivity contribution in [2.45, 2.75) is 13.3 Å². The van der Waals surface area contributed by atoms with Crippen molar-refractivity contribution in [2.24, 2.45) is 0 Å². The molecule has 5 nitrogen and oxygen atoms in total. The number of anilines is 1. The van der Waals surface area contributed by atoms with Crippen LogP contribution in [0.1, 0.15) is 23.7 Å². The van der Waals surface area contributed by atoms with Gasteiger partial charge in [-0.25, -0.2) is 9.59 Å². The number of esters is 1. The van der Waals surface area contributed by atoms with Crippen LogP contribution < -0.4 is 5.32 Å². The van der Waals surface area contributed by atoms with Crippen LogP contribution in [0.2, 0.25) is 0 Å². The molecule has 0 bridgehead atoms. The van der Waals surface area contributed by atoms with Crippen molar-refractivity contribution in [3.8, 4) is 0 Å². The normalized spacial score (nSPS) is 9.72. The summed E-state index contributed by atoms with van der Waals surface area (Å²) in [5.74, 6) is -0.345. The maximum absolute atomic E-state index is 11.5. The van der Waals surface area contributed by atoms with Gasteiger partial charge in [0.25, 0.3) is 0 Å². The van der Waals surface area contributed by atoms with Crippen molar-refractivity contribution in [3.63, 3.8) is 0 Å². The van der Waals surface area contributed by atoms with E-state index in [-0.39, 0.29) is 12.0 Å².